The number of alkyl halides is 3. The molecule has 0 aliphatic heterocycles. The molecular weight excluding hydrogens is 137 g/mol. The second-order valence-electron chi connectivity index (χ2n) is 1.41. The van der Waals surface area contributed by atoms with Crippen LogP contribution in [0.25, 0.3) is 0 Å². The number of carbonyl (C=O) groups excluding carboxylic acids is 1. The van der Waals surface area contributed by atoms with E-state index in [1.54, 1.807) is 0 Å². The van der Waals surface area contributed by atoms with Crippen molar-refractivity contribution < 1.29 is 23.1 Å². The van der Waals surface area contributed by atoms with Crippen molar-refractivity contribution in [1.29, 1.82) is 0 Å². The molecule has 0 heterocycles. The summed E-state index contributed by atoms with van der Waals surface area (Å²) in [5.74, 6) is 0. The molecule has 0 bridgehead atoms. The van der Waals surface area contributed by atoms with E-state index in [1.807, 2.05) is 0 Å². The molecule has 0 rings (SSSR count). The Balaban J connectivity index is 3.71. The van der Waals surface area contributed by atoms with E-state index in [-0.39, 0.29) is 6.29 Å². The first-order valence-electron chi connectivity index (χ1n) is 2.15. The normalized spacial score (nSPS) is 17.4. The van der Waals surface area contributed by atoms with Gasteiger partial charge < -0.3 is 9.90 Å². The van der Waals surface area contributed by atoms with Gasteiger partial charge in [0, 0.05) is 0 Å². The zero-order chi connectivity index (χ0) is 7.44. The first kappa shape index (κ1) is 8.42. The van der Waals surface area contributed by atoms with Crippen LogP contribution < -0.4 is 0 Å². The number of aldehydes is 1. The molecule has 0 aliphatic rings. The van der Waals surface area contributed by atoms with Gasteiger partial charge in [-0.3, -0.25) is 0 Å². The quantitative estimate of drug-likeness (QED) is 0.569. The van der Waals surface area contributed by atoms with Crippen LogP contribution in [0, 0.1) is 0 Å². The summed E-state index contributed by atoms with van der Waals surface area (Å²) in [5.41, 5.74) is 0. The van der Waals surface area contributed by atoms with Gasteiger partial charge >= 0.3 is 0 Å². The van der Waals surface area contributed by atoms with Gasteiger partial charge in [-0.2, -0.15) is 0 Å². The highest BCUT2D eigenvalue weighted by Crippen LogP contribution is 2.06. The summed E-state index contributed by atoms with van der Waals surface area (Å²) < 4.78 is 34.1. The molecular formula is C4H5F3O2. The summed E-state index contributed by atoms with van der Waals surface area (Å²) in [6.07, 6.45) is -8.53. The molecule has 0 aliphatic carbocycles. The zero-order valence-corrected chi connectivity index (χ0v) is 4.30. The number of rotatable bonds is 3. The lowest BCUT2D eigenvalue weighted by molar-refractivity contribution is -0.121. The Kier molecular flexibility index (Phi) is 3.22. The summed E-state index contributed by atoms with van der Waals surface area (Å²) >= 11 is 0. The van der Waals surface area contributed by atoms with Crippen molar-refractivity contribution in [2.24, 2.45) is 0 Å². The van der Waals surface area contributed by atoms with Gasteiger partial charge in [0.15, 0.2) is 18.6 Å². The summed E-state index contributed by atoms with van der Waals surface area (Å²) in [6.45, 7) is 0. The van der Waals surface area contributed by atoms with Crippen molar-refractivity contribution in [3.05, 3.63) is 0 Å². The van der Waals surface area contributed by atoms with Crippen molar-refractivity contribution in [3.63, 3.8) is 0 Å². The van der Waals surface area contributed by atoms with E-state index in [0.717, 1.165) is 0 Å². The van der Waals surface area contributed by atoms with E-state index < -0.39 is 18.7 Å². The molecule has 54 valence electrons. The smallest absolute Gasteiger partial charge is 0.267 e. The molecule has 0 amide bonds. The highest BCUT2D eigenvalue weighted by molar-refractivity contribution is 5.56. The molecule has 9 heavy (non-hydrogen) atoms. The molecule has 0 saturated carbocycles. The lowest BCUT2D eigenvalue weighted by Crippen LogP contribution is -2.30. The number of hydrogen-bond acceptors (Lipinski definition) is 2. The standard InChI is InChI=1S/C4H5F3O2/c5-2(1-8)3(9)4(6)7/h1-4,9H. The van der Waals surface area contributed by atoms with Crippen LogP contribution in [0.2, 0.25) is 0 Å². The minimum Gasteiger partial charge on any atom is -0.384 e. The van der Waals surface area contributed by atoms with Crippen LogP contribution in [0.15, 0.2) is 0 Å². The van der Waals surface area contributed by atoms with Crippen LogP contribution in [0.4, 0.5) is 13.2 Å². The first-order valence-corrected chi connectivity index (χ1v) is 2.15. The van der Waals surface area contributed by atoms with Crippen LogP contribution in [0.5, 0.6) is 0 Å². The minimum absolute atomic E-state index is 0.364. The molecule has 1 N–H and O–H groups in total. The largest absolute Gasteiger partial charge is 0.384 e. The van der Waals surface area contributed by atoms with Crippen LogP contribution in [-0.4, -0.2) is 30.1 Å². The van der Waals surface area contributed by atoms with Crippen LogP contribution in [0.1, 0.15) is 0 Å². The number of hydrogen-bond donors (Lipinski definition) is 1. The maximum Gasteiger partial charge on any atom is 0.267 e. The van der Waals surface area contributed by atoms with Crippen molar-refractivity contribution in [2.45, 2.75) is 18.7 Å². The molecule has 0 spiro atoms. The lowest BCUT2D eigenvalue weighted by Gasteiger charge is -2.07. The fourth-order valence-corrected chi connectivity index (χ4v) is 0.219. The average Bonchev–Trinajstić information content (AvgIpc) is 1.84. The summed E-state index contributed by atoms with van der Waals surface area (Å²) in [6, 6.07) is 0. The fourth-order valence-electron chi connectivity index (χ4n) is 0.219. The molecule has 0 aromatic carbocycles. The predicted octanol–water partition coefficient (Wildman–Crippen LogP) is 0.149. The number of carbonyl (C=O) groups is 1. The van der Waals surface area contributed by atoms with E-state index >= 15 is 0 Å². The number of aliphatic hydroxyl groups excluding tert-OH is 1. The Labute approximate surface area is 49.3 Å². The SMILES string of the molecule is O=CC(F)C(O)C(F)F. The van der Waals surface area contributed by atoms with Gasteiger partial charge in [-0.05, 0) is 0 Å². The summed E-state index contributed by atoms with van der Waals surface area (Å²) in [4.78, 5) is 9.38. The van der Waals surface area contributed by atoms with Crippen molar-refractivity contribution in [3.8, 4) is 0 Å². The summed E-state index contributed by atoms with van der Waals surface area (Å²) in [5, 5.41) is 8.04. The second kappa shape index (κ2) is 3.45. The highest BCUT2D eigenvalue weighted by atomic mass is 19.3. The molecule has 2 atom stereocenters. The fraction of sp³-hybridized carbons (Fsp3) is 0.750. The Morgan fingerprint density at radius 2 is 1.78 bits per heavy atom. The van der Waals surface area contributed by atoms with Gasteiger partial charge in [-0.25, -0.2) is 13.2 Å². The van der Waals surface area contributed by atoms with E-state index in [4.69, 9.17) is 5.11 Å². The molecule has 2 nitrogen and oxygen atoms in total. The molecule has 5 heteroatoms. The van der Waals surface area contributed by atoms with Crippen LogP contribution in [0.3, 0.4) is 0 Å². The lowest BCUT2D eigenvalue weighted by atomic mass is 10.2. The Bertz CT molecular complexity index is 95.8. The Morgan fingerprint density at radius 3 is 1.89 bits per heavy atom. The number of aliphatic hydroxyl groups is 1. The third-order valence-electron chi connectivity index (χ3n) is 0.714. The van der Waals surface area contributed by atoms with Gasteiger partial charge in [0.2, 0.25) is 0 Å². The summed E-state index contributed by atoms with van der Waals surface area (Å²) in [7, 11) is 0. The van der Waals surface area contributed by atoms with Crippen LogP contribution >= 0.6 is 0 Å². The molecule has 0 fully saturated rings. The maximum absolute atomic E-state index is 11.7. The van der Waals surface area contributed by atoms with Gasteiger partial charge in [-0.15, -0.1) is 0 Å². The number of halogens is 3. The minimum atomic E-state index is -3.20. The van der Waals surface area contributed by atoms with Gasteiger partial charge in [-0.1, -0.05) is 0 Å². The maximum atomic E-state index is 11.7. The zero-order valence-electron chi connectivity index (χ0n) is 4.30. The van der Waals surface area contributed by atoms with Gasteiger partial charge in [0.05, 0.1) is 0 Å². The molecule has 2 unspecified atom stereocenters. The van der Waals surface area contributed by atoms with Gasteiger partial charge in [0.25, 0.3) is 6.43 Å². The molecule has 0 aromatic rings. The van der Waals surface area contributed by atoms with E-state index in [2.05, 4.69) is 0 Å². The molecule has 0 saturated heterocycles. The highest BCUT2D eigenvalue weighted by Gasteiger charge is 2.26. The Hall–Kier alpha value is -0.580. The molecule has 0 radical (unpaired) electrons. The van der Waals surface area contributed by atoms with Crippen molar-refractivity contribution in [2.75, 3.05) is 0 Å². The average molecular weight is 142 g/mol. The monoisotopic (exact) mass is 142 g/mol. The van der Waals surface area contributed by atoms with E-state index in [9.17, 15) is 18.0 Å². The first-order chi connectivity index (χ1) is 4.09. The van der Waals surface area contributed by atoms with E-state index in [0.29, 0.717) is 0 Å². The molecule has 0 aromatic heterocycles. The third-order valence-corrected chi connectivity index (χ3v) is 0.714. The van der Waals surface area contributed by atoms with Crippen molar-refractivity contribution in [1.82, 2.24) is 0 Å². The third kappa shape index (κ3) is 2.46. The van der Waals surface area contributed by atoms with Crippen LogP contribution in [-0.2, 0) is 4.79 Å². The van der Waals surface area contributed by atoms with Gasteiger partial charge in [0.1, 0.15) is 0 Å². The Morgan fingerprint density at radius 1 is 1.33 bits per heavy atom. The predicted molar refractivity (Wildman–Crippen MR) is 23.0 cm³/mol. The topological polar surface area (TPSA) is 37.3 Å². The van der Waals surface area contributed by atoms with Crippen molar-refractivity contribution >= 4 is 6.29 Å². The van der Waals surface area contributed by atoms with E-state index in [1.165, 1.54) is 0 Å². The second-order valence-corrected chi connectivity index (χ2v) is 1.41.